The zero-order chi connectivity index (χ0) is 16.7. The minimum Gasteiger partial charge on any atom is -0.344 e. The van der Waals surface area contributed by atoms with Gasteiger partial charge in [0, 0.05) is 25.5 Å². The zero-order valence-corrected chi connectivity index (χ0v) is 13.4. The number of carbonyl (C=O) groups excluding carboxylic acids is 1. The molecule has 4 rings (SSSR count). The van der Waals surface area contributed by atoms with Crippen molar-refractivity contribution in [2.24, 2.45) is 0 Å². The number of likely N-dealkylation sites (tertiary alicyclic amines) is 1. The van der Waals surface area contributed by atoms with Crippen LogP contribution in [-0.4, -0.2) is 43.4 Å². The Morgan fingerprint density at radius 3 is 3.04 bits per heavy atom. The highest BCUT2D eigenvalue weighted by Crippen LogP contribution is 2.26. The molecule has 1 fully saturated rings. The summed E-state index contributed by atoms with van der Waals surface area (Å²) < 4.78 is 15.9. The van der Waals surface area contributed by atoms with Gasteiger partial charge in [-0.15, -0.1) is 0 Å². The van der Waals surface area contributed by atoms with Crippen molar-refractivity contribution in [1.82, 2.24) is 24.4 Å². The number of piperidine rings is 1. The maximum absolute atomic E-state index is 13.8. The van der Waals surface area contributed by atoms with Crippen molar-refractivity contribution >= 4 is 16.9 Å². The van der Waals surface area contributed by atoms with Gasteiger partial charge < -0.3 is 14.5 Å². The average molecular weight is 327 g/mol. The normalized spacial score (nSPS) is 18.2. The molecule has 0 aliphatic carbocycles. The lowest BCUT2D eigenvalue weighted by atomic mass is 10.0. The van der Waals surface area contributed by atoms with Crippen LogP contribution in [0.2, 0.25) is 0 Å². The first-order valence-corrected chi connectivity index (χ1v) is 8.05. The Hall–Kier alpha value is -2.70. The summed E-state index contributed by atoms with van der Waals surface area (Å²) in [7, 11) is 0. The summed E-state index contributed by atoms with van der Waals surface area (Å²) in [6, 6.07) is 2.83. The van der Waals surface area contributed by atoms with Crippen LogP contribution in [0.15, 0.2) is 30.9 Å². The Balaban J connectivity index is 1.64. The van der Waals surface area contributed by atoms with E-state index < -0.39 is 5.82 Å². The number of nitrogens with one attached hydrogen (secondary N) is 1. The van der Waals surface area contributed by atoms with Crippen molar-refractivity contribution < 1.29 is 9.18 Å². The molecule has 0 unspecified atom stereocenters. The molecule has 3 heterocycles. The molecule has 1 amide bonds. The third-order valence-corrected chi connectivity index (χ3v) is 4.66. The first-order valence-electron chi connectivity index (χ1n) is 8.05. The average Bonchev–Trinajstić information content (AvgIpc) is 3.22. The number of amides is 1. The number of nitrogens with zero attached hydrogens (tertiary/aromatic N) is 4. The van der Waals surface area contributed by atoms with Gasteiger partial charge in [0.15, 0.2) is 0 Å². The number of imidazole rings is 2. The first-order chi connectivity index (χ1) is 11.6. The highest BCUT2D eigenvalue weighted by atomic mass is 19.1. The Bertz CT molecular complexity index is 899. The molecule has 0 radical (unpaired) electrons. The van der Waals surface area contributed by atoms with Crippen LogP contribution in [0.5, 0.6) is 0 Å². The largest absolute Gasteiger partial charge is 0.344 e. The molecule has 7 heteroatoms. The number of benzene rings is 1. The van der Waals surface area contributed by atoms with E-state index in [0.29, 0.717) is 29.7 Å². The summed E-state index contributed by atoms with van der Waals surface area (Å²) in [6.07, 6.45) is 7.11. The first kappa shape index (κ1) is 14.9. The molecule has 0 spiro atoms. The quantitative estimate of drug-likeness (QED) is 0.787. The van der Waals surface area contributed by atoms with Crippen LogP contribution in [0.3, 0.4) is 0 Å². The molecule has 1 saturated heterocycles. The predicted octanol–water partition coefficient (Wildman–Crippen LogP) is 2.68. The number of carbonyl (C=O) groups is 1. The summed E-state index contributed by atoms with van der Waals surface area (Å²) in [6.45, 7) is 3.23. The monoisotopic (exact) mass is 327 g/mol. The topological polar surface area (TPSA) is 66.8 Å². The number of H-pyrrole nitrogens is 1. The molecule has 2 aromatic heterocycles. The van der Waals surface area contributed by atoms with Crippen LogP contribution in [0.1, 0.15) is 35.1 Å². The lowest BCUT2D eigenvalue weighted by Gasteiger charge is -2.34. The number of aryl methyl sites for hydroxylation is 1. The van der Waals surface area contributed by atoms with Gasteiger partial charge in [-0.3, -0.25) is 4.79 Å². The fourth-order valence-electron chi connectivity index (χ4n) is 3.49. The van der Waals surface area contributed by atoms with E-state index in [0.717, 1.165) is 18.7 Å². The van der Waals surface area contributed by atoms with Crippen molar-refractivity contribution in [3.8, 4) is 0 Å². The van der Waals surface area contributed by atoms with Gasteiger partial charge in [-0.1, -0.05) is 0 Å². The SMILES string of the molecule is Cc1nccn1[C@@H]1CCCN(C(=O)c2cc(F)cc3[nH]cnc23)C1. The van der Waals surface area contributed by atoms with Crippen molar-refractivity contribution in [3.05, 3.63) is 48.1 Å². The highest BCUT2D eigenvalue weighted by molar-refractivity contribution is 6.04. The zero-order valence-electron chi connectivity index (χ0n) is 13.4. The Morgan fingerprint density at radius 2 is 2.25 bits per heavy atom. The molecule has 0 saturated carbocycles. The number of hydrogen-bond donors (Lipinski definition) is 1. The smallest absolute Gasteiger partial charge is 0.256 e. The van der Waals surface area contributed by atoms with Gasteiger partial charge in [-0.25, -0.2) is 14.4 Å². The van der Waals surface area contributed by atoms with E-state index in [1.54, 1.807) is 11.1 Å². The van der Waals surface area contributed by atoms with Crippen LogP contribution in [-0.2, 0) is 0 Å². The van der Waals surface area contributed by atoms with Gasteiger partial charge in [0.05, 0.1) is 23.4 Å². The lowest BCUT2D eigenvalue weighted by molar-refractivity contribution is 0.0679. The number of rotatable bonds is 2. The summed E-state index contributed by atoms with van der Waals surface area (Å²) in [5.41, 5.74) is 1.37. The summed E-state index contributed by atoms with van der Waals surface area (Å²) in [4.78, 5) is 26.0. The van der Waals surface area contributed by atoms with Crippen LogP contribution in [0.4, 0.5) is 4.39 Å². The molecule has 6 nitrogen and oxygen atoms in total. The van der Waals surface area contributed by atoms with Gasteiger partial charge in [0.1, 0.15) is 17.2 Å². The third kappa shape index (κ3) is 2.46. The summed E-state index contributed by atoms with van der Waals surface area (Å²) in [5, 5.41) is 0. The minimum atomic E-state index is -0.436. The van der Waals surface area contributed by atoms with Crippen LogP contribution < -0.4 is 0 Å². The van der Waals surface area contributed by atoms with E-state index in [-0.39, 0.29) is 11.9 Å². The molecular formula is C17H18FN5O. The summed E-state index contributed by atoms with van der Waals surface area (Å²) >= 11 is 0. The van der Waals surface area contributed by atoms with Gasteiger partial charge in [-0.05, 0) is 31.9 Å². The van der Waals surface area contributed by atoms with Crippen LogP contribution >= 0.6 is 0 Å². The van der Waals surface area contributed by atoms with Crippen LogP contribution in [0.25, 0.3) is 11.0 Å². The number of fused-ring (bicyclic) bond motifs is 1. The molecular weight excluding hydrogens is 309 g/mol. The van der Waals surface area contributed by atoms with Crippen molar-refractivity contribution in [2.45, 2.75) is 25.8 Å². The van der Waals surface area contributed by atoms with E-state index in [1.165, 1.54) is 18.5 Å². The van der Waals surface area contributed by atoms with E-state index in [2.05, 4.69) is 19.5 Å². The second-order valence-electron chi connectivity index (χ2n) is 6.18. The summed E-state index contributed by atoms with van der Waals surface area (Å²) in [5.74, 6) is 0.331. The van der Waals surface area contributed by atoms with E-state index in [4.69, 9.17) is 0 Å². The van der Waals surface area contributed by atoms with E-state index in [9.17, 15) is 9.18 Å². The number of halogens is 1. The molecule has 1 aliphatic heterocycles. The molecule has 0 bridgehead atoms. The molecule has 1 N–H and O–H groups in total. The van der Waals surface area contributed by atoms with E-state index in [1.807, 2.05) is 13.1 Å². The van der Waals surface area contributed by atoms with Crippen molar-refractivity contribution in [2.75, 3.05) is 13.1 Å². The van der Waals surface area contributed by atoms with Crippen molar-refractivity contribution in [3.63, 3.8) is 0 Å². The molecule has 1 aliphatic rings. The molecule has 1 atom stereocenters. The second kappa shape index (κ2) is 5.74. The molecule has 3 aromatic rings. The minimum absolute atomic E-state index is 0.172. The fraction of sp³-hybridized carbons (Fsp3) is 0.353. The number of aromatic amines is 1. The van der Waals surface area contributed by atoms with Gasteiger partial charge in [-0.2, -0.15) is 0 Å². The van der Waals surface area contributed by atoms with Crippen LogP contribution in [0, 0.1) is 12.7 Å². The van der Waals surface area contributed by atoms with E-state index >= 15 is 0 Å². The third-order valence-electron chi connectivity index (χ3n) is 4.66. The lowest BCUT2D eigenvalue weighted by Crippen LogP contribution is -2.41. The highest BCUT2D eigenvalue weighted by Gasteiger charge is 2.27. The van der Waals surface area contributed by atoms with Crippen molar-refractivity contribution in [1.29, 1.82) is 0 Å². The molecule has 124 valence electrons. The van der Waals surface area contributed by atoms with Gasteiger partial charge >= 0.3 is 0 Å². The molecule has 24 heavy (non-hydrogen) atoms. The fourth-order valence-corrected chi connectivity index (χ4v) is 3.49. The predicted molar refractivity (Wildman–Crippen MR) is 87.2 cm³/mol. The Kier molecular flexibility index (Phi) is 3.55. The second-order valence-corrected chi connectivity index (χ2v) is 6.18. The number of hydrogen-bond acceptors (Lipinski definition) is 3. The maximum Gasteiger partial charge on any atom is 0.256 e. The van der Waals surface area contributed by atoms with Gasteiger partial charge in [0.2, 0.25) is 0 Å². The molecule has 1 aromatic carbocycles. The van der Waals surface area contributed by atoms with Gasteiger partial charge in [0.25, 0.3) is 5.91 Å². The standard InChI is InChI=1S/C17H18FN5O/c1-11-19-4-6-23(11)13-3-2-5-22(9-13)17(24)14-7-12(18)8-15-16(14)21-10-20-15/h4,6-8,10,13H,2-3,5,9H2,1H3,(H,20,21)/t13-/m1/s1. The maximum atomic E-state index is 13.8. The number of aromatic nitrogens is 4. The Labute approximate surface area is 138 Å². The Morgan fingerprint density at radius 1 is 1.38 bits per heavy atom.